The number of benzene rings is 2. The van der Waals surface area contributed by atoms with Crippen molar-refractivity contribution in [3.63, 3.8) is 0 Å². The Balaban J connectivity index is 1.37. The van der Waals surface area contributed by atoms with Crippen LogP contribution in [0.1, 0.15) is 22.8 Å². The van der Waals surface area contributed by atoms with Crippen LogP contribution in [-0.2, 0) is 20.7 Å². The van der Waals surface area contributed by atoms with Crippen LogP contribution < -0.4 is 20.1 Å². The molecule has 2 amide bonds. The smallest absolute Gasteiger partial charge is 0.326 e. The van der Waals surface area contributed by atoms with Crippen molar-refractivity contribution < 1.29 is 33.0 Å². The van der Waals surface area contributed by atoms with Crippen molar-refractivity contribution in [3.05, 3.63) is 59.4 Å². The van der Waals surface area contributed by atoms with Gasteiger partial charge in [0.05, 0.1) is 0 Å². The van der Waals surface area contributed by atoms with Gasteiger partial charge in [-0.15, -0.1) is 0 Å². The van der Waals surface area contributed by atoms with E-state index in [9.17, 15) is 18.8 Å². The number of rotatable bonds is 8. The third-order valence-electron chi connectivity index (χ3n) is 4.33. The van der Waals surface area contributed by atoms with Crippen molar-refractivity contribution in [1.82, 2.24) is 10.6 Å². The second-order valence-electron chi connectivity index (χ2n) is 6.55. The molecule has 0 fully saturated rings. The average molecular weight is 416 g/mol. The number of fused-ring (bicyclic) bond motifs is 1. The van der Waals surface area contributed by atoms with Crippen LogP contribution in [0.3, 0.4) is 0 Å². The highest BCUT2D eigenvalue weighted by atomic mass is 19.1. The van der Waals surface area contributed by atoms with E-state index >= 15 is 0 Å². The number of carbonyl (C=O) groups excluding carboxylic acids is 3. The zero-order valence-corrected chi connectivity index (χ0v) is 16.3. The fraction of sp³-hybridized carbons (Fsp3) is 0.286. The second-order valence-corrected chi connectivity index (χ2v) is 6.55. The molecular formula is C21H21FN2O6. The standard InChI is InChI=1S/C21H21FN2O6/c1-13(20(26)23-9-8-14-2-5-16(22)6-3-14)30-19(25)11-24-21(27)15-4-7-17-18(10-15)29-12-28-17/h2-7,10,13H,8-9,11-12H2,1H3,(H,23,26)(H,24,27). The number of carbonyl (C=O) groups is 3. The van der Waals surface area contributed by atoms with Gasteiger partial charge in [-0.1, -0.05) is 12.1 Å². The molecule has 1 aliphatic heterocycles. The van der Waals surface area contributed by atoms with E-state index < -0.39 is 23.9 Å². The molecule has 3 rings (SSSR count). The van der Waals surface area contributed by atoms with Gasteiger partial charge in [0.15, 0.2) is 17.6 Å². The van der Waals surface area contributed by atoms with Gasteiger partial charge in [-0.3, -0.25) is 14.4 Å². The molecule has 2 N–H and O–H groups in total. The zero-order valence-electron chi connectivity index (χ0n) is 16.3. The fourth-order valence-electron chi connectivity index (χ4n) is 2.71. The molecule has 0 aliphatic carbocycles. The van der Waals surface area contributed by atoms with E-state index in [-0.39, 0.29) is 19.2 Å². The van der Waals surface area contributed by atoms with Crippen molar-refractivity contribution in [2.24, 2.45) is 0 Å². The van der Waals surface area contributed by atoms with Crippen molar-refractivity contribution in [1.29, 1.82) is 0 Å². The monoisotopic (exact) mass is 416 g/mol. The first-order chi connectivity index (χ1) is 14.4. The van der Waals surface area contributed by atoms with Gasteiger partial charge in [-0.2, -0.15) is 0 Å². The van der Waals surface area contributed by atoms with E-state index in [1.54, 1.807) is 24.3 Å². The lowest BCUT2D eigenvalue weighted by Gasteiger charge is -2.14. The summed E-state index contributed by atoms with van der Waals surface area (Å²) in [5, 5.41) is 5.07. The molecule has 30 heavy (non-hydrogen) atoms. The summed E-state index contributed by atoms with van der Waals surface area (Å²) in [5.41, 5.74) is 1.17. The van der Waals surface area contributed by atoms with Gasteiger partial charge >= 0.3 is 5.97 Å². The third-order valence-corrected chi connectivity index (χ3v) is 4.33. The van der Waals surface area contributed by atoms with Crippen LogP contribution in [0.25, 0.3) is 0 Å². The Morgan fingerprint density at radius 1 is 1.07 bits per heavy atom. The average Bonchev–Trinajstić information content (AvgIpc) is 3.21. The molecule has 0 saturated heterocycles. The van der Waals surface area contributed by atoms with E-state index in [1.165, 1.54) is 25.1 Å². The predicted octanol–water partition coefficient (Wildman–Crippen LogP) is 1.57. The molecule has 1 atom stereocenters. The van der Waals surface area contributed by atoms with Gasteiger partial charge in [-0.05, 0) is 49.2 Å². The normalized spacial score (nSPS) is 12.7. The summed E-state index contributed by atoms with van der Waals surface area (Å²) in [6, 6.07) is 10.6. The van der Waals surface area contributed by atoms with Crippen molar-refractivity contribution in [3.8, 4) is 11.5 Å². The molecule has 2 aromatic rings. The van der Waals surface area contributed by atoms with E-state index in [0.29, 0.717) is 30.0 Å². The van der Waals surface area contributed by atoms with Crippen molar-refractivity contribution >= 4 is 17.8 Å². The van der Waals surface area contributed by atoms with Crippen LogP contribution >= 0.6 is 0 Å². The predicted molar refractivity (Wildman–Crippen MR) is 104 cm³/mol. The maximum absolute atomic E-state index is 12.9. The number of esters is 1. The summed E-state index contributed by atoms with van der Waals surface area (Å²) in [5.74, 6) is -1.02. The highest BCUT2D eigenvalue weighted by Crippen LogP contribution is 2.32. The Labute approximate surface area is 172 Å². The lowest BCUT2D eigenvalue weighted by Crippen LogP contribution is -2.39. The Morgan fingerprint density at radius 3 is 2.57 bits per heavy atom. The molecule has 0 saturated carbocycles. The maximum atomic E-state index is 12.9. The summed E-state index contributed by atoms with van der Waals surface area (Å²) in [6.07, 6.45) is -0.508. The van der Waals surface area contributed by atoms with Gasteiger partial charge in [0.1, 0.15) is 12.4 Å². The van der Waals surface area contributed by atoms with Crippen LogP contribution in [0.5, 0.6) is 11.5 Å². The molecule has 8 nitrogen and oxygen atoms in total. The Bertz CT molecular complexity index is 932. The SMILES string of the molecule is CC(OC(=O)CNC(=O)c1ccc2c(c1)OCO2)C(=O)NCCc1ccc(F)cc1. The first-order valence-electron chi connectivity index (χ1n) is 9.32. The van der Waals surface area contributed by atoms with E-state index in [1.807, 2.05) is 0 Å². The van der Waals surface area contributed by atoms with Gasteiger partial charge in [0.2, 0.25) is 6.79 Å². The number of hydrogen-bond acceptors (Lipinski definition) is 6. The Kier molecular flexibility index (Phi) is 6.84. The Hall–Kier alpha value is -3.62. The summed E-state index contributed by atoms with van der Waals surface area (Å²) in [6.45, 7) is 1.45. The summed E-state index contributed by atoms with van der Waals surface area (Å²) in [4.78, 5) is 36.1. The van der Waals surface area contributed by atoms with Gasteiger partial charge in [0.25, 0.3) is 11.8 Å². The van der Waals surface area contributed by atoms with E-state index in [0.717, 1.165) is 5.56 Å². The molecule has 2 aromatic carbocycles. The quantitative estimate of drug-likeness (QED) is 0.634. The summed E-state index contributed by atoms with van der Waals surface area (Å²) in [7, 11) is 0. The number of amides is 2. The van der Waals surface area contributed by atoms with Crippen molar-refractivity contribution in [2.75, 3.05) is 19.9 Å². The van der Waals surface area contributed by atoms with Gasteiger partial charge in [-0.25, -0.2) is 4.39 Å². The molecule has 1 unspecified atom stereocenters. The number of nitrogens with one attached hydrogen (secondary N) is 2. The molecule has 0 spiro atoms. The highest BCUT2D eigenvalue weighted by molar-refractivity contribution is 5.96. The lowest BCUT2D eigenvalue weighted by molar-refractivity contribution is -0.153. The molecule has 1 aliphatic rings. The topological polar surface area (TPSA) is 103 Å². The van der Waals surface area contributed by atoms with E-state index in [4.69, 9.17) is 14.2 Å². The summed E-state index contributed by atoms with van der Waals surface area (Å²) < 4.78 is 28.3. The number of hydrogen-bond donors (Lipinski definition) is 2. The van der Waals surface area contributed by atoms with Crippen molar-refractivity contribution in [2.45, 2.75) is 19.4 Å². The number of halogens is 1. The third kappa shape index (κ3) is 5.69. The Morgan fingerprint density at radius 2 is 1.80 bits per heavy atom. The maximum Gasteiger partial charge on any atom is 0.326 e. The first-order valence-corrected chi connectivity index (χ1v) is 9.32. The van der Waals surface area contributed by atoms with Crippen LogP contribution in [0.15, 0.2) is 42.5 Å². The minimum atomic E-state index is -1.02. The molecule has 0 bridgehead atoms. The van der Waals surface area contributed by atoms with Crippen LogP contribution in [0, 0.1) is 5.82 Å². The van der Waals surface area contributed by atoms with Gasteiger partial charge in [0, 0.05) is 12.1 Å². The first kappa shape index (κ1) is 21.1. The molecule has 0 radical (unpaired) electrons. The summed E-state index contributed by atoms with van der Waals surface area (Å²) >= 11 is 0. The minimum absolute atomic E-state index is 0.0938. The molecule has 1 heterocycles. The second kappa shape index (κ2) is 9.73. The molecule has 0 aromatic heterocycles. The fourth-order valence-corrected chi connectivity index (χ4v) is 2.71. The zero-order chi connectivity index (χ0) is 21.5. The largest absolute Gasteiger partial charge is 0.454 e. The van der Waals surface area contributed by atoms with Crippen LogP contribution in [-0.4, -0.2) is 43.8 Å². The van der Waals surface area contributed by atoms with Crippen LogP contribution in [0.4, 0.5) is 4.39 Å². The van der Waals surface area contributed by atoms with E-state index in [2.05, 4.69) is 10.6 Å². The molecular weight excluding hydrogens is 395 g/mol. The molecule has 9 heteroatoms. The van der Waals surface area contributed by atoms with Crippen LogP contribution in [0.2, 0.25) is 0 Å². The number of ether oxygens (including phenoxy) is 3. The molecule has 158 valence electrons. The van der Waals surface area contributed by atoms with Gasteiger partial charge < -0.3 is 24.8 Å². The minimum Gasteiger partial charge on any atom is -0.454 e. The lowest BCUT2D eigenvalue weighted by atomic mass is 10.1. The highest BCUT2D eigenvalue weighted by Gasteiger charge is 2.19.